The van der Waals surface area contributed by atoms with Crippen LogP contribution in [0.2, 0.25) is 0 Å². The molecular formula is C13H20NO4P. The van der Waals surface area contributed by atoms with Crippen LogP contribution in [0, 0.1) is 0 Å². The zero-order valence-corrected chi connectivity index (χ0v) is 12.5. The van der Waals surface area contributed by atoms with E-state index >= 15 is 0 Å². The highest BCUT2D eigenvalue weighted by atomic mass is 31.2. The van der Waals surface area contributed by atoms with Gasteiger partial charge in [-0.3, -0.25) is 9.36 Å². The lowest BCUT2D eigenvalue weighted by Gasteiger charge is -2.21. The highest BCUT2D eigenvalue weighted by molar-refractivity contribution is 7.56. The van der Waals surface area contributed by atoms with Crippen LogP contribution in [0.5, 0.6) is 5.75 Å². The lowest BCUT2D eigenvalue weighted by Crippen LogP contribution is -2.35. The number of hydrogen-bond donors (Lipinski definition) is 1. The third kappa shape index (κ3) is 5.90. The smallest absolute Gasteiger partial charge is 0.323 e. The van der Waals surface area contributed by atoms with Crippen molar-refractivity contribution in [1.82, 2.24) is 5.09 Å². The number of carbonyl (C=O) groups is 1. The molecular weight excluding hydrogens is 265 g/mol. The number of benzene rings is 1. The molecule has 0 bridgehead atoms. The second-order valence-electron chi connectivity index (χ2n) is 4.59. The van der Waals surface area contributed by atoms with E-state index in [1.807, 2.05) is 6.07 Å². The summed E-state index contributed by atoms with van der Waals surface area (Å²) in [5, 5.41) is 2.67. The maximum Gasteiger partial charge on any atom is 0.323 e. The Morgan fingerprint density at radius 2 is 1.79 bits per heavy atom. The van der Waals surface area contributed by atoms with Gasteiger partial charge in [-0.15, -0.1) is 0 Å². The molecule has 0 spiro atoms. The molecule has 0 radical (unpaired) electrons. The highest BCUT2D eigenvalue weighted by Crippen LogP contribution is 2.39. The lowest BCUT2D eigenvalue weighted by atomic mass is 10.3. The Hall–Kier alpha value is -1.32. The summed E-state index contributed by atoms with van der Waals surface area (Å²) in [4.78, 5) is 11.6. The lowest BCUT2D eigenvalue weighted by molar-refractivity contribution is -0.149. The quantitative estimate of drug-likeness (QED) is 0.643. The minimum absolute atomic E-state index is 0.206. The molecule has 0 aromatic heterocycles. The van der Waals surface area contributed by atoms with Crippen LogP contribution in [-0.2, 0) is 14.1 Å². The normalized spacial score (nSPS) is 15.6. The van der Waals surface area contributed by atoms with E-state index in [1.54, 1.807) is 45.0 Å². The van der Waals surface area contributed by atoms with Crippen LogP contribution in [-0.4, -0.2) is 24.8 Å². The number of para-hydroxylation sites is 1. The molecule has 0 saturated carbocycles. The van der Waals surface area contributed by atoms with Crippen molar-refractivity contribution < 1.29 is 18.6 Å². The minimum Gasteiger partial charge on any atom is -0.462 e. The molecule has 0 amide bonds. The summed E-state index contributed by atoms with van der Waals surface area (Å²) < 4.78 is 22.6. The van der Waals surface area contributed by atoms with Gasteiger partial charge in [-0.1, -0.05) is 18.2 Å². The van der Waals surface area contributed by atoms with Gasteiger partial charge in [0.15, 0.2) is 0 Å². The van der Waals surface area contributed by atoms with Crippen LogP contribution < -0.4 is 9.61 Å². The molecule has 0 saturated heterocycles. The van der Waals surface area contributed by atoms with E-state index in [1.165, 1.54) is 6.66 Å². The van der Waals surface area contributed by atoms with Gasteiger partial charge in [0.2, 0.25) is 0 Å². The van der Waals surface area contributed by atoms with E-state index in [9.17, 15) is 9.36 Å². The topological polar surface area (TPSA) is 64.6 Å². The fourth-order valence-corrected chi connectivity index (χ4v) is 2.83. The zero-order chi connectivity index (χ0) is 14.5. The molecule has 1 N–H and O–H groups in total. The van der Waals surface area contributed by atoms with Crippen molar-refractivity contribution in [3.63, 3.8) is 0 Å². The van der Waals surface area contributed by atoms with Crippen LogP contribution in [0.3, 0.4) is 0 Å². The van der Waals surface area contributed by atoms with E-state index in [0.717, 1.165) is 0 Å². The first-order chi connectivity index (χ1) is 8.80. The standard InChI is InChI=1S/C13H20NO4P/c1-10(2)17-13(15)11(3)14-19(4,16)18-12-8-6-5-7-9-12/h5-11H,1-4H3,(H,14,16)/t11-,19+/m0/s1. The van der Waals surface area contributed by atoms with Crippen LogP contribution in [0.4, 0.5) is 0 Å². The predicted molar refractivity (Wildman–Crippen MR) is 74.4 cm³/mol. The molecule has 106 valence electrons. The maximum absolute atomic E-state index is 12.2. The van der Waals surface area contributed by atoms with Crippen LogP contribution >= 0.6 is 7.52 Å². The summed E-state index contributed by atoms with van der Waals surface area (Å²) >= 11 is 0. The van der Waals surface area contributed by atoms with Gasteiger partial charge in [0.1, 0.15) is 11.8 Å². The van der Waals surface area contributed by atoms with Crippen molar-refractivity contribution in [2.24, 2.45) is 0 Å². The Labute approximate surface area is 113 Å². The average molecular weight is 285 g/mol. The van der Waals surface area contributed by atoms with Crippen LogP contribution in [0.25, 0.3) is 0 Å². The fraction of sp³-hybridized carbons (Fsp3) is 0.462. The molecule has 1 aromatic rings. The van der Waals surface area contributed by atoms with Gasteiger partial charge < -0.3 is 9.26 Å². The number of carbonyl (C=O) groups excluding carboxylic acids is 1. The molecule has 2 atom stereocenters. The summed E-state index contributed by atoms with van der Waals surface area (Å²) in [5.41, 5.74) is 0. The van der Waals surface area contributed by atoms with Gasteiger partial charge in [0, 0.05) is 6.66 Å². The number of nitrogens with one attached hydrogen (secondary N) is 1. The van der Waals surface area contributed by atoms with Crippen molar-refractivity contribution in [1.29, 1.82) is 0 Å². The Bertz CT molecular complexity index is 461. The van der Waals surface area contributed by atoms with Gasteiger partial charge in [-0.25, -0.2) is 5.09 Å². The molecule has 0 aliphatic rings. The third-order valence-electron chi connectivity index (χ3n) is 2.16. The summed E-state index contributed by atoms with van der Waals surface area (Å²) in [6, 6.07) is 8.12. The first-order valence-corrected chi connectivity index (χ1v) is 8.18. The van der Waals surface area contributed by atoms with E-state index in [2.05, 4.69) is 5.09 Å². The summed E-state index contributed by atoms with van der Waals surface area (Å²) in [5.74, 6) is 0.0407. The van der Waals surface area contributed by atoms with Crippen molar-refractivity contribution in [2.75, 3.05) is 6.66 Å². The van der Waals surface area contributed by atoms with Gasteiger partial charge in [-0.2, -0.15) is 0 Å². The molecule has 5 nitrogen and oxygen atoms in total. The molecule has 0 unspecified atom stereocenters. The second kappa shape index (κ2) is 6.73. The number of rotatable bonds is 6. The predicted octanol–water partition coefficient (Wildman–Crippen LogP) is 2.82. The average Bonchev–Trinajstić information content (AvgIpc) is 2.27. The van der Waals surface area contributed by atoms with E-state index in [4.69, 9.17) is 9.26 Å². The van der Waals surface area contributed by atoms with Crippen molar-refractivity contribution in [3.8, 4) is 5.75 Å². The van der Waals surface area contributed by atoms with Crippen LogP contribution in [0.15, 0.2) is 30.3 Å². The summed E-state index contributed by atoms with van der Waals surface area (Å²) in [6.45, 7) is 6.54. The first kappa shape index (κ1) is 15.7. The fourth-order valence-electron chi connectivity index (χ4n) is 1.45. The Balaban J connectivity index is 2.59. The SMILES string of the molecule is CC(C)OC(=O)[C@H](C)N[P@](C)(=O)Oc1ccccc1. The van der Waals surface area contributed by atoms with Gasteiger partial charge in [0.25, 0.3) is 0 Å². The van der Waals surface area contributed by atoms with Gasteiger partial charge in [0.05, 0.1) is 6.10 Å². The summed E-state index contributed by atoms with van der Waals surface area (Å²) in [6.07, 6.45) is -0.206. The molecule has 0 fully saturated rings. The number of hydrogen-bond acceptors (Lipinski definition) is 4. The second-order valence-corrected chi connectivity index (χ2v) is 6.72. The monoisotopic (exact) mass is 285 g/mol. The minimum atomic E-state index is -3.12. The zero-order valence-electron chi connectivity index (χ0n) is 11.6. The summed E-state index contributed by atoms with van der Waals surface area (Å²) in [7, 11) is -3.12. The molecule has 0 aliphatic heterocycles. The van der Waals surface area contributed by atoms with Crippen LogP contribution in [0.1, 0.15) is 20.8 Å². The van der Waals surface area contributed by atoms with E-state index < -0.39 is 19.5 Å². The largest absolute Gasteiger partial charge is 0.462 e. The van der Waals surface area contributed by atoms with Crippen molar-refractivity contribution in [3.05, 3.63) is 30.3 Å². The Morgan fingerprint density at radius 3 is 2.32 bits per heavy atom. The molecule has 1 aromatic carbocycles. The maximum atomic E-state index is 12.2. The number of esters is 1. The first-order valence-electron chi connectivity index (χ1n) is 6.10. The third-order valence-corrected chi connectivity index (χ3v) is 3.57. The number of ether oxygens (including phenoxy) is 1. The molecule has 6 heteroatoms. The molecule has 0 heterocycles. The van der Waals surface area contributed by atoms with Crippen molar-refractivity contribution in [2.45, 2.75) is 32.9 Å². The Morgan fingerprint density at radius 1 is 1.21 bits per heavy atom. The molecule has 19 heavy (non-hydrogen) atoms. The van der Waals surface area contributed by atoms with Gasteiger partial charge >= 0.3 is 13.5 Å². The van der Waals surface area contributed by atoms with Crippen molar-refractivity contribution >= 4 is 13.5 Å². The van der Waals surface area contributed by atoms with E-state index in [-0.39, 0.29) is 6.10 Å². The molecule has 0 aliphatic carbocycles. The molecule has 1 rings (SSSR count). The van der Waals surface area contributed by atoms with E-state index in [0.29, 0.717) is 5.75 Å². The highest BCUT2D eigenvalue weighted by Gasteiger charge is 2.25. The van der Waals surface area contributed by atoms with Gasteiger partial charge in [-0.05, 0) is 32.9 Å². The Kier molecular flexibility index (Phi) is 5.58.